The number of aliphatic hydroxyl groups excluding tert-OH is 1. The van der Waals surface area contributed by atoms with Gasteiger partial charge >= 0.3 is 0 Å². The normalized spacial score (nSPS) is 11.6. The third-order valence-electron chi connectivity index (χ3n) is 4.94. The molecule has 3 heterocycles. The van der Waals surface area contributed by atoms with Crippen molar-refractivity contribution in [3.63, 3.8) is 0 Å². The van der Waals surface area contributed by atoms with Gasteiger partial charge in [-0.15, -0.1) is 11.3 Å². The molecule has 0 amide bonds. The molecule has 9 heteroatoms. The summed E-state index contributed by atoms with van der Waals surface area (Å²) in [5.74, 6) is 1.47. The predicted octanol–water partition coefficient (Wildman–Crippen LogP) is 6.30. The highest BCUT2D eigenvalue weighted by Gasteiger charge is 2.16. The lowest BCUT2D eigenvalue weighted by Gasteiger charge is -2.08. The number of imidazole rings is 1. The molecule has 1 N–H and O–H groups in total. The molecule has 0 aliphatic rings. The van der Waals surface area contributed by atoms with Gasteiger partial charge < -0.3 is 9.67 Å². The lowest BCUT2D eigenvalue weighted by Crippen LogP contribution is -2.06. The number of thioether (sulfide) groups is 1. The van der Waals surface area contributed by atoms with Gasteiger partial charge in [0, 0.05) is 27.5 Å². The highest BCUT2D eigenvalue weighted by atomic mass is 35.5. The first-order valence-electron chi connectivity index (χ1n) is 9.50. The summed E-state index contributed by atoms with van der Waals surface area (Å²) in [4.78, 5) is 14.7. The molecular formula is C22H16Cl2N4OS2. The zero-order chi connectivity index (χ0) is 21.4. The van der Waals surface area contributed by atoms with Gasteiger partial charge in [-0.25, -0.2) is 15.0 Å². The van der Waals surface area contributed by atoms with Gasteiger partial charge in [-0.05, 0) is 35.9 Å². The van der Waals surface area contributed by atoms with Crippen LogP contribution in [0.2, 0.25) is 10.0 Å². The average Bonchev–Trinajstić information content (AvgIpc) is 3.35. The van der Waals surface area contributed by atoms with Crippen LogP contribution >= 0.6 is 46.3 Å². The Morgan fingerprint density at radius 3 is 2.65 bits per heavy atom. The van der Waals surface area contributed by atoms with Gasteiger partial charge in [-0.2, -0.15) is 0 Å². The fraction of sp³-hybridized carbons (Fsp3) is 0.136. The number of rotatable bonds is 6. The highest BCUT2D eigenvalue weighted by molar-refractivity contribution is 7.98. The van der Waals surface area contributed by atoms with Gasteiger partial charge in [-0.3, -0.25) is 0 Å². The molecule has 3 aromatic heterocycles. The van der Waals surface area contributed by atoms with Gasteiger partial charge in [0.05, 0.1) is 28.8 Å². The highest BCUT2D eigenvalue weighted by Crippen LogP contribution is 2.39. The summed E-state index contributed by atoms with van der Waals surface area (Å²) in [6.07, 6.45) is 1.60. The maximum Gasteiger partial charge on any atom is 0.128 e. The Kier molecular flexibility index (Phi) is 5.86. The van der Waals surface area contributed by atoms with Crippen LogP contribution in [0.5, 0.6) is 0 Å². The summed E-state index contributed by atoms with van der Waals surface area (Å²) in [6, 6.07) is 13.4. The fourth-order valence-electron chi connectivity index (χ4n) is 3.54. The van der Waals surface area contributed by atoms with E-state index in [4.69, 9.17) is 28.2 Å². The summed E-state index contributed by atoms with van der Waals surface area (Å²) in [7, 11) is 0. The average molecular weight is 487 g/mol. The van der Waals surface area contributed by atoms with Gasteiger partial charge in [0.25, 0.3) is 0 Å². The Bertz CT molecular complexity index is 1380. The molecule has 2 aromatic carbocycles. The molecule has 5 aromatic rings. The van der Waals surface area contributed by atoms with E-state index in [-0.39, 0.29) is 6.61 Å². The first-order chi connectivity index (χ1) is 15.1. The number of aliphatic hydroxyl groups is 1. The Morgan fingerprint density at radius 2 is 1.84 bits per heavy atom. The van der Waals surface area contributed by atoms with Crippen LogP contribution in [0.25, 0.3) is 32.4 Å². The quantitative estimate of drug-likeness (QED) is 0.225. The second-order valence-electron chi connectivity index (χ2n) is 6.84. The van der Waals surface area contributed by atoms with Gasteiger partial charge in [-0.1, -0.05) is 47.1 Å². The molecule has 0 aliphatic carbocycles. The van der Waals surface area contributed by atoms with E-state index < -0.39 is 0 Å². The zero-order valence-corrected chi connectivity index (χ0v) is 19.3. The van der Waals surface area contributed by atoms with Crippen molar-refractivity contribution in [2.45, 2.75) is 17.3 Å². The smallest absolute Gasteiger partial charge is 0.128 e. The Morgan fingerprint density at radius 1 is 1.03 bits per heavy atom. The summed E-state index contributed by atoms with van der Waals surface area (Å²) < 4.78 is 2.01. The van der Waals surface area contributed by atoms with Crippen molar-refractivity contribution in [3.05, 3.63) is 70.0 Å². The zero-order valence-electron chi connectivity index (χ0n) is 16.1. The minimum atomic E-state index is 0.0264. The molecule has 5 nitrogen and oxygen atoms in total. The number of benzene rings is 2. The lowest BCUT2D eigenvalue weighted by atomic mass is 10.1. The SMILES string of the molecule is OCCn1c(CSc2ncnc3scc(-c4ccc(Cl)cc4)c23)nc2ccc(Cl)cc21. The summed E-state index contributed by atoms with van der Waals surface area (Å²) in [6.45, 7) is 0.485. The van der Waals surface area contributed by atoms with Crippen molar-refractivity contribution in [1.29, 1.82) is 0 Å². The summed E-state index contributed by atoms with van der Waals surface area (Å²) in [5.41, 5.74) is 3.95. The number of hydrogen-bond donors (Lipinski definition) is 1. The van der Waals surface area contributed by atoms with E-state index in [9.17, 15) is 5.11 Å². The molecule has 0 atom stereocenters. The minimum Gasteiger partial charge on any atom is -0.395 e. The van der Waals surface area contributed by atoms with E-state index in [1.54, 1.807) is 29.4 Å². The van der Waals surface area contributed by atoms with E-state index in [1.165, 1.54) is 0 Å². The van der Waals surface area contributed by atoms with Crippen molar-refractivity contribution in [2.24, 2.45) is 0 Å². The molecule has 0 saturated carbocycles. The molecule has 5 rings (SSSR count). The van der Waals surface area contributed by atoms with Crippen molar-refractivity contribution in [2.75, 3.05) is 6.61 Å². The van der Waals surface area contributed by atoms with E-state index >= 15 is 0 Å². The number of hydrogen-bond acceptors (Lipinski definition) is 6. The molecule has 31 heavy (non-hydrogen) atoms. The van der Waals surface area contributed by atoms with Crippen LogP contribution in [-0.2, 0) is 12.3 Å². The fourth-order valence-corrected chi connectivity index (χ4v) is 5.77. The third-order valence-corrected chi connectivity index (χ3v) is 7.30. The first-order valence-corrected chi connectivity index (χ1v) is 12.1. The van der Waals surface area contributed by atoms with E-state index in [0.717, 1.165) is 43.2 Å². The first kappa shape index (κ1) is 20.7. The van der Waals surface area contributed by atoms with Crippen LogP contribution in [0, 0.1) is 0 Å². The molecule has 0 spiro atoms. The standard InChI is InChI=1S/C22H16Cl2N4OS2/c23-14-3-1-13(2-4-14)16-10-30-21-20(16)22(26-12-25-21)31-11-19-27-17-6-5-15(24)9-18(17)28(19)7-8-29/h1-6,9-10,12,29H,7-8,11H2. The molecule has 0 unspecified atom stereocenters. The summed E-state index contributed by atoms with van der Waals surface area (Å²) >= 11 is 15.5. The second kappa shape index (κ2) is 8.76. The van der Waals surface area contributed by atoms with Crippen LogP contribution in [0.1, 0.15) is 5.82 Å². The summed E-state index contributed by atoms with van der Waals surface area (Å²) in [5, 5.41) is 14.9. The largest absolute Gasteiger partial charge is 0.395 e. The van der Waals surface area contributed by atoms with Crippen molar-refractivity contribution in [1.82, 2.24) is 19.5 Å². The Labute approximate surface area is 196 Å². The van der Waals surface area contributed by atoms with E-state index in [0.29, 0.717) is 22.3 Å². The third kappa shape index (κ3) is 4.04. The van der Waals surface area contributed by atoms with Crippen molar-refractivity contribution >= 4 is 67.6 Å². The van der Waals surface area contributed by atoms with E-state index in [1.807, 2.05) is 47.0 Å². The molecule has 0 saturated heterocycles. The van der Waals surface area contributed by atoms with Crippen LogP contribution < -0.4 is 0 Å². The minimum absolute atomic E-state index is 0.0264. The number of thiophene rings is 1. The molecule has 156 valence electrons. The van der Waals surface area contributed by atoms with Gasteiger partial charge in [0.2, 0.25) is 0 Å². The molecule has 0 radical (unpaired) electrons. The van der Waals surface area contributed by atoms with Crippen LogP contribution in [0.3, 0.4) is 0 Å². The maximum absolute atomic E-state index is 9.56. The lowest BCUT2D eigenvalue weighted by molar-refractivity contribution is 0.276. The predicted molar refractivity (Wildman–Crippen MR) is 129 cm³/mol. The number of halogens is 2. The van der Waals surface area contributed by atoms with Crippen LogP contribution in [0.4, 0.5) is 0 Å². The monoisotopic (exact) mass is 486 g/mol. The van der Waals surface area contributed by atoms with E-state index in [2.05, 4.69) is 15.3 Å². The Hall–Kier alpha value is -2.16. The second-order valence-corrected chi connectivity index (χ2v) is 9.54. The Balaban J connectivity index is 1.52. The van der Waals surface area contributed by atoms with Gasteiger partial charge in [0.15, 0.2) is 0 Å². The topological polar surface area (TPSA) is 63.8 Å². The molecule has 0 fully saturated rings. The van der Waals surface area contributed by atoms with Gasteiger partial charge in [0.1, 0.15) is 22.0 Å². The van der Waals surface area contributed by atoms with Crippen molar-refractivity contribution < 1.29 is 5.11 Å². The molecule has 0 aliphatic heterocycles. The van der Waals surface area contributed by atoms with Crippen molar-refractivity contribution in [3.8, 4) is 11.1 Å². The maximum atomic E-state index is 9.56. The van der Waals surface area contributed by atoms with Crippen LogP contribution in [0.15, 0.2) is 59.2 Å². The number of nitrogens with zero attached hydrogens (tertiary/aromatic N) is 4. The molecule has 0 bridgehead atoms. The number of fused-ring (bicyclic) bond motifs is 2. The van der Waals surface area contributed by atoms with Crippen LogP contribution in [-0.4, -0.2) is 31.2 Å². The molecular weight excluding hydrogens is 471 g/mol. The number of aromatic nitrogens is 4.